The van der Waals surface area contributed by atoms with Gasteiger partial charge in [-0.15, -0.1) is 11.3 Å². The lowest BCUT2D eigenvalue weighted by Gasteiger charge is -2.34. The molecule has 2 heteroatoms. The molecule has 1 fully saturated rings. The van der Waals surface area contributed by atoms with Crippen molar-refractivity contribution in [1.29, 1.82) is 0 Å². The van der Waals surface area contributed by atoms with Crippen LogP contribution < -0.4 is 5.32 Å². The Bertz CT molecular complexity index is 545. The van der Waals surface area contributed by atoms with Crippen molar-refractivity contribution in [1.82, 2.24) is 5.32 Å². The summed E-state index contributed by atoms with van der Waals surface area (Å²) < 4.78 is 1.41. The lowest BCUT2D eigenvalue weighted by molar-refractivity contribution is 0.206. The molecule has 19 heavy (non-hydrogen) atoms. The Labute approximate surface area is 120 Å². The first-order valence-electron chi connectivity index (χ1n) is 7.33. The Morgan fingerprint density at radius 1 is 1.21 bits per heavy atom. The fourth-order valence-electron chi connectivity index (χ4n) is 3.03. The van der Waals surface area contributed by atoms with E-state index >= 15 is 0 Å². The Hall–Kier alpha value is -0.860. The van der Waals surface area contributed by atoms with E-state index in [2.05, 4.69) is 48.8 Å². The number of fused-ring (bicyclic) bond motifs is 1. The van der Waals surface area contributed by atoms with Gasteiger partial charge in [-0.25, -0.2) is 0 Å². The molecule has 1 aromatic carbocycles. The second-order valence-electron chi connectivity index (χ2n) is 6.58. The lowest BCUT2D eigenvalue weighted by Crippen LogP contribution is -2.35. The minimum Gasteiger partial charge on any atom is -0.310 e. The van der Waals surface area contributed by atoms with Gasteiger partial charge in [0.05, 0.1) is 0 Å². The van der Waals surface area contributed by atoms with E-state index in [0.29, 0.717) is 11.5 Å². The van der Waals surface area contributed by atoms with Gasteiger partial charge in [-0.3, -0.25) is 0 Å². The predicted octanol–water partition coefficient (Wildman–Crippen LogP) is 4.96. The maximum atomic E-state index is 3.76. The van der Waals surface area contributed by atoms with E-state index in [4.69, 9.17) is 0 Å². The third-order valence-electron chi connectivity index (χ3n) is 4.48. The van der Waals surface area contributed by atoms with Crippen LogP contribution in [0.2, 0.25) is 0 Å². The third kappa shape index (κ3) is 3.01. The maximum absolute atomic E-state index is 3.76. The van der Waals surface area contributed by atoms with Crippen LogP contribution in [0.15, 0.2) is 29.6 Å². The van der Waals surface area contributed by atoms with Crippen molar-refractivity contribution in [2.75, 3.05) is 0 Å². The molecular formula is C17H23NS. The largest absolute Gasteiger partial charge is 0.310 e. The zero-order chi connectivity index (χ0) is 13.3. The fourth-order valence-corrected chi connectivity index (χ4v) is 3.99. The molecule has 1 heterocycles. The molecule has 0 spiro atoms. The summed E-state index contributed by atoms with van der Waals surface area (Å²) in [6.07, 6.45) is 5.37. The number of hydrogen-bond donors (Lipinski definition) is 1. The molecule has 0 bridgehead atoms. The normalized spacial score (nSPS) is 19.9. The topological polar surface area (TPSA) is 12.0 Å². The monoisotopic (exact) mass is 273 g/mol. The average molecular weight is 273 g/mol. The summed E-state index contributed by atoms with van der Waals surface area (Å²) in [7, 11) is 0. The molecule has 3 rings (SSSR count). The first-order chi connectivity index (χ1) is 9.14. The standard InChI is InChI=1S/C17H23NS/c1-17(2)9-7-14(8-10-17)18-11-13-12-19-16-6-4-3-5-15(13)16/h3-6,12,14,18H,7-11H2,1-2H3. The van der Waals surface area contributed by atoms with Gasteiger partial charge >= 0.3 is 0 Å². The van der Waals surface area contributed by atoms with E-state index < -0.39 is 0 Å². The van der Waals surface area contributed by atoms with Gasteiger partial charge in [0.25, 0.3) is 0 Å². The lowest BCUT2D eigenvalue weighted by atomic mass is 9.75. The second kappa shape index (κ2) is 5.26. The number of rotatable bonds is 3. The quantitative estimate of drug-likeness (QED) is 0.833. The van der Waals surface area contributed by atoms with E-state index in [-0.39, 0.29) is 0 Å². The van der Waals surface area contributed by atoms with E-state index in [9.17, 15) is 0 Å². The predicted molar refractivity (Wildman–Crippen MR) is 84.7 cm³/mol. The first kappa shape index (κ1) is 13.1. The summed E-state index contributed by atoms with van der Waals surface area (Å²) in [5, 5.41) is 7.50. The van der Waals surface area contributed by atoms with Crippen molar-refractivity contribution in [2.24, 2.45) is 5.41 Å². The van der Waals surface area contributed by atoms with Crippen molar-refractivity contribution >= 4 is 21.4 Å². The van der Waals surface area contributed by atoms with Gasteiger partial charge < -0.3 is 5.32 Å². The fraction of sp³-hybridized carbons (Fsp3) is 0.529. The van der Waals surface area contributed by atoms with Crippen LogP contribution in [0.5, 0.6) is 0 Å². The van der Waals surface area contributed by atoms with Crippen LogP contribution in [0.4, 0.5) is 0 Å². The maximum Gasteiger partial charge on any atom is 0.0346 e. The van der Waals surface area contributed by atoms with E-state index in [0.717, 1.165) is 6.54 Å². The third-order valence-corrected chi connectivity index (χ3v) is 5.49. The summed E-state index contributed by atoms with van der Waals surface area (Å²) in [6.45, 7) is 5.82. The summed E-state index contributed by atoms with van der Waals surface area (Å²) in [6, 6.07) is 9.44. The highest BCUT2D eigenvalue weighted by atomic mass is 32.1. The molecule has 1 saturated carbocycles. The van der Waals surface area contributed by atoms with Crippen LogP contribution in [-0.4, -0.2) is 6.04 Å². The Morgan fingerprint density at radius 3 is 2.74 bits per heavy atom. The Morgan fingerprint density at radius 2 is 1.95 bits per heavy atom. The van der Waals surface area contributed by atoms with Gasteiger partial charge in [0.15, 0.2) is 0 Å². The molecule has 0 amide bonds. The van der Waals surface area contributed by atoms with Crippen LogP contribution in [0.3, 0.4) is 0 Å². The SMILES string of the molecule is CC1(C)CCC(NCc2csc3ccccc23)CC1. The van der Waals surface area contributed by atoms with Crippen molar-refractivity contribution in [3.05, 3.63) is 35.2 Å². The van der Waals surface area contributed by atoms with Gasteiger partial charge in [0, 0.05) is 17.3 Å². The highest BCUT2D eigenvalue weighted by Crippen LogP contribution is 2.35. The minimum absolute atomic E-state index is 0.563. The van der Waals surface area contributed by atoms with Crippen LogP contribution in [0, 0.1) is 5.41 Å². The molecule has 2 aromatic rings. The molecule has 1 nitrogen and oxygen atoms in total. The van der Waals surface area contributed by atoms with Crippen molar-refractivity contribution < 1.29 is 0 Å². The molecule has 1 aromatic heterocycles. The molecule has 1 aliphatic carbocycles. The Balaban J connectivity index is 1.61. The van der Waals surface area contributed by atoms with Crippen LogP contribution in [0.1, 0.15) is 45.1 Å². The second-order valence-corrected chi connectivity index (χ2v) is 7.49. The highest BCUT2D eigenvalue weighted by molar-refractivity contribution is 7.17. The molecule has 102 valence electrons. The minimum atomic E-state index is 0.563. The number of nitrogens with one attached hydrogen (secondary N) is 1. The molecule has 0 atom stereocenters. The van der Waals surface area contributed by atoms with Crippen molar-refractivity contribution in [3.63, 3.8) is 0 Å². The smallest absolute Gasteiger partial charge is 0.0346 e. The van der Waals surface area contributed by atoms with Crippen molar-refractivity contribution in [2.45, 2.75) is 52.1 Å². The van der Waals surface area contributed by atoms with E-state index in [1.54, 1.807) is 0 Å². The summed E-state index contributed by atoms with van der Waals surface area (Å²) in [5.74, 6) is 0. The zero-order valence-corrected chi connectivity index (χ0v) is 12.7. The molecule has 0 radical (unpaired) electrons. The first-order valence-corrected chi connectivity index (χ1v) is 8.20. The van der Waals surface area contributed by atoms with Crippen LogP contribution >= 0.6 is 11.3 Å². The van der Waals surface area contributed by atoms with Gasteiger partial charge in [0.1, 0.15) is 0 Å². The summed E-state index contributed by atoms with van der Waals surface area (Å²) in [4.78, 5) is 0. The van der Waals surface area contributed by atoms with E-state index in [1.165, 1.54) is 41.3 Å². The van der Waals surface area contributed by atoms with Crippen LogP contribution in [-0.2, 0) is 6.54 Å². The molecule has 1 N–H and O–H groups in total. The van der Waals surface area contributed by atoms with Gasteiger partial charge in [-0.05, 0) is 53.5 Å². The molecular weight excluding hydrogens is 250 g/mol. The summed E-state index contributed by atoms with van der Waals surface area (Å²) >= 11 is 1.86. The molecule has 0 saturated heterocycles. The zero-order valence-electron chi connectivity index (χ0n) is 11.9. The number of hydrogen-bond acceptors (Lipinski definition) is 2. The van der Waals surface area contributed by atoms with Gasteiger partial charge in [-0.1, -0.05) is 32.0 Å². The van der Waals surface area contributed by atoms with Crippen LogP contribution in [0.25, 0.3) is 10.1 Å². The summed E-state index contributed by atoms with van der Waals surface area (Å²) in [5.41, 5.74) is 2.03. The number of benzene rings is 1. The van der Waals surface area contributed by atoms with Gasteiger partial charge in [-0.2, -0.15) is 0 Å². The molecule has 0 unspecified atom stereocenters. The van der Waals surface area contributed by atoms with Gasteiger partial charge in [0.2, 0.25) is 0 Å². The Kier molecular flexibility index (Phi) is 3.64. The average Bonchev–Trinajstić information content (AvgIpc) is 2.81. The van der Waals surface area contributed by atoms with Crippen molar-refractivity contribution in [3.8, 4) is 0 Å². The molecule has 0 aliphatic heterocycles. The molecule has 1 aliphatic rings. The van der Waals surface area contributed by atoms with E-state index in [1.807, 2.05) is 11.3 Å². The highest BCUT2D eigenvalue weighted by Gasteiger charge is 2.26. The number of thiophene rings is 1.